The molecule has 0 spiro atoms. The maximum Gasteiger partial charge on any atom is 0.123 e. The molecular weight excluding hydrogens is 403 g/mol. The van der Waals surface area contributed by atoms with E-state index in [0.29, 0.717) is 12.0 Å². The van der Waals surface area contributed by atoms with E-state index in [1.54, 1.807) is 12.3 Å². The number of aromatic nitrogens is 2. The number of ether oxygens (including phenoxy) is 1. The van der Waals surface area contributed by atoms with Gasteiger partial charge in [0.05, 0.1) is 11.8 Å². The van der Waals surface area contributed by atoms with E-state index in [9.17, 15) is 4.39 Å². The monoisotopic (exact) mass is 440 g/mol. The Morgan fingerprint density at radius 3 is 2.59 bits per heavy atom. The molecule has 1 aliphatic carbocycles. The van der Waals surface area contributed by atoms with Gasteiger partial charge < -0.3 is 9.64 Å². The third-order valence-electron chi connectivity index (χ3n) is 7.68. The molecule has 5 rings (SSSR count). The zero-order valence-corrected chi connectivity index (χ0v) is 19.2. The number of benzene rings is 1. The minimum atomic E-state index is -0.183. The Labute approximate surface area is 191 Å². The second kappa shape index (κ2) is 10.4. The third-order valence-corrected chi connectivity index (χ3v) is 7.68. The normalized spacial score (nSPS) is 23.5. The molecule has 0 radical (unpaired) electrons. The third kappa shape index (κ3) is 5.41. The summed E-state index contributed by atoms with van der Waals surface area (Å²) >= 11 is 0. The lowest BCUT2D eigenvalue weighted by Crippen LogP contribution is -2.43. The second-order valence-electron chi connectivity index (χ2n) is 9.97. The summed E-state index contributed by atoms with van der Waals surface area (Å²) in [6.07, 6.45) is 14.4. The van der Waals surface area contributed by atoms with Crippen LogP contribution in [0.25, 0.3) is 5.69 Å². The van der Waals surface area contributed by atoms with Crippen LogP contribution >= 0.6 is 0 Å². The van der Waals surface area contributed by atoms with Gasteiger partial charge in [0.2, 0.25) is 0 Å². The molecular formula is C26H37FN4O. The first-order valence-corrected chi connectivity index (χ1v) is 12.6. The fraction of sp³-hybridized carbons (Fsp3) is 0.654. The van der Waals surface area contributed by atoms with Crippen LogP contribution < -0.4 is 0 Å². The predicted octanol–water partition coefficient (Wildman–Crippen LogP) is 4.65. The second-order valence-corrected chi connectivity index (χ2v) is 9.97. The van der Waals surface area contributed by atoms with E-state index in [4.69, 9.17) is 4.74 Å². The summed E-state index contributed by atoms with van der Waals surface area (Å²) in [4.78, 5) is 5.27. The highest BCUT2D eigenvalue weighted by Crippen LogP contribution is 2.29. The van der Waals surface area contributed by atoms with E-state index >= 15 is 0 Å². The van der Waals surface area contributed by atoms with E-state index < -0.39 is 0 Å². The lowest BCUT2D eigenvalue weighted by Gasteiger charge is -2.38. The molecule has 3 aliphatic rings. The van der Waals surface area contributed by atoms with Gasteiger partial charge in [-0.2, -0.15) is 5.10 Å². The van der Waals surface area contributed by atoms with Crippen molar-refractivity contribution in [3.8, 4) is 5.69 Å². The number of likely N-dealkylation sites (tertiary alicyclic amines) is 1. The Kier molecular flexibility index (Phi) is 7.20. The summed E-state index contributed by atoms with van der Waals surface area (Å²) in [5.74, 6) is 0.522. The molecule has 174 valence electrons. The van der Waals surface area contributed by atoms with Crippen molar-refractivity contribution < 1.29 is 9.13 Å². The number of halogens is 1. The van der Waals surface area contributed by atoms with Gasteiger partial charge in [-0.1, -0.05) is 12.8 Å². The molecule has 1 aromatic carbocycles. The molecule has 3 heterocycles. The zero-order valence-electron chi connectivity index (χ0n) is 19.2. The molecule has 2 aromatic rings. The minimum absolute atomic E-state index is 0.183. The van der Waals surface area contributed by atoms with Gasteiger partial charge in [-0.05, 0) is 87.4 Å². The Bertz CT molecular complexity index is 838. The van der Waals surface area contributed by atoms with Crippen LogP contribution in [0, 0.1) is 11.7 Å². The first-order valence-electron chi connectivity index (χ1n) is 12.6. The Balaban J connectivity index is 1.27. The highest BCUT2D eigenvalue weighted by molar-refractivity contribution is 5.40. The van der Waals surface area contributed by atoms with Crippen LogP contribution in [0.15, 0.2) is 36.7 Å². The van der Waals surface area contributed by atoms with Crippen molar-refractivity contribution in [1.82, 2.24) is 19.6 Å². The van der Waals surface area contributed by atoms with Crippen molar-refractivity contribution in [3.63, 3.8) is 0 Å². The number of hydrogen-bond acceptors (Lipinski definition) is 4. The zero-order chi connectivity index (χ0) is 21.8. The highest BCUT2D eigenvalue weighted by Gasteiger charge is 2.29. The summed E-state index contributed by atoms with van der Waals surface area (Å²) in [5, 5.41) is 4.39. The topological polar surface area (TPSA) is 33.5 Å². The summed E-state index contributed by atoms with van der Waals surface area (Å²) in [6.45, 7) is 6.07. The molecule has 3 fully saturated rings. The van der Waals surface area contributed by atoms with E-state index in [2.05, 4.69) is 14.9 Å². The van der Waals surface area contributed by atoms with Crippen LogP contribution in [-0.2, 0) is 11.3 Å². The van der Waals surface area contributed by atoms with E-state index in [1.807, 2.05) is 23.0 Å². The maximum absolute atomic E-state index is 14.2. The summed E-state index contributed by atoms with van der Waals surface area (Å²) in [6, 6.07) is 7.81. The number of piperidine rings is 1. The van der Waals surface area contributed by atoms with Crippen LogP contribution in [0.4, 0.5) is 4.39 Å². The van der Waals surface area contributed by atoms with Crippen LogP contribution in [-0.4, -0.2) is 64.5 Å². The largest absolute Gasteiger partial charge is 0.377 e. The maximum atomic E-state index is 14.2. The molecule has 2 saturated heterocycles. The van der Waals surface area contributed by atoms with Crippen LogP contribution in [0.2, 0.25) is 0 Å². The minimum Gasteiger partial charge on any atom is -0.377 e. The first-order chi connectivity index (χ1) is 15.7. The van der Waals surface area contributed by atoms with Gasteiger partial charge >= 0.3 is 0 Å². The van der Waals surface area contributed by atoms with E-state index in [0.717, 1.165) is 56.4 Å². The van der Waals surface area contributed by atoms with Gasteiger partial charge in [-0.25, -0.2) is 9.07 Å². The van der Waals surface area contributed by atoms with Crippen LogP contribution in [0.3, 0.4) is 0 Å². The van der Waals surface area contributed by atoms with Crippen molar-refractivity contribution in [3.05, 3.63) is 48.0 Å². The standard InChI is InChI=1S/C26H37FN4O/c27-23-8-9-26(31-13-4-12-28-31)22(17-23)19-29(20-25-7-3-16-32-25)18-21-10-14-30(15-11-21)24-5-1-2-6-24/h4,8-9,12-13,17,21,24-25H,1-3,5-7,10-11,14-16,18-20H2. The van der Waals surface area contributed by atoms with Crippen molar-refractivity contribution in [2.45, 2.75) is 70.1 Å². The van der Waals surface area contributed by atoms with Gasteiger partial charge in [-0.3, -0.25) is 4.90 Å². The van der Waals surface area contributed by atoms with Gasteiger partial charge in [0.1, 0.15) is 5.82 Å². The molecule has 1 unspecified atom stereocenters. The SMILES string of the molecule is Fc1ccc(-n2cccn2)c(CN(CC2CCN(C3CCCC3)CC2)CC2CCCO2)c1. The fourth-order valence-corrected chi connectivity index (χ4v) is 5.97. The lowest BCUT2D eigenvalue weighted by molar-refractivity contribution is 0.0539. The Hall–Kier alpha value is -1.76. The van der Waals surface area contributed by atoms with E-state index in [-0.39, 0.29) is 5.82 Å². The van der Waals surface area contributed by atoms with Crippen LogP contribution in [0.5, 0.6) is 0 Å². The van der Waals surface area contributed by atoms with Crippen molar-refractivity contribution in [1.29, 1.82) is 0 Å². The molecule has 5 nitrogen and oxygen atoms in total. The van der Waals surface area contributed by atoms with Crippen LogP contribution in [0.1, 0.15) is 56.9 Å². The molecule has 2 aliphatic heterocycles. The summed E-state index contributed by atoms with van der Waals surface area (Å²) in [5.41, 5.74) is 1.96. The van der Waals surface area contributed by atoms with E-state index in [1.165, 1.54) is 57.7 Å². The summed E-state index contributed by atoms with van der Waals surface area (Å²) in [7, 11) is 0. The van der Waals surface area contributed by atoms with Crippen molar-refractivity contribution in [2.24, 2.45) is 5.92 Å². The average molecular weight is 441 g/mol. The molecule has 6 heteroatoms. The van der Waals surface area contributed by atoms with Gasteiger partial charge in [-0.15, -0.1) is 0 Å². The first kappa shape index (κ1) is 22.1. The summed E-state index contributed by atoms with van der Waals surface area (Å²) < 4.78 is 22.0. The van der Waals surface area contributed by atoms with Crippen molar-refractivity contribution in [2.75, 3.05) is 32.8 Å². The number of rotatable bonds is 8. The Morgan fingerprint density at radius 2 is 1.88 bits per heavy atom. The molecule has 0 amide bonds. The quantitative estimate of drug-likeness (QED) is 0.599. The number of hydrogen-bond donors (Lipinski definition) is 0. The smallest absolute Gasteiger partial charge is 0.123 e. The molecule has 32 heavy (non-hydrogen) atoms. The van der Waals surface area contributed by atoms with Crippen molar-refractivity contribution >= 4 is 0 Å². The van der Waals surface area contributed by atoms with Gasteiger partial charge in [0, 0.05) is 44.7 Å². The lowest BCUT2D eigenvalue weighted by atomic mass is 9.94. The average Bonchev–Trinajstić information content (AvgIpc) is 3.58. The molecule has 0 N–H and O–H groups in total. The molecule has 1 aromatic heterocycles. The molecule has 1 saturated carbocycles. The molecule has 1 atom stereocenters. The predicted molar refractivity (Wildman–Crippen MR) is 124 cm³/mol. The van der Waals surface area contributed by atoms with Gasteiger partial charge in [0.25, 0.3) is 0 Å². The Morgan fingerprint density at radius 1 is 1.03 bits per heavy atom. The number of nitrogens with zero attached hydrogens (tertiary/aromatic N) is 4. The fourth-order valence-electron chi connectivity index (χ4n) is 5.97. The highest BCUT2D eigenvalue weighted by atomic mass is 19.1. The van der Waals surface area contributed by atoms with Gasteiger partial charge in [0.15, 0.2) is 0 Å². The molecule has 0 bridgehead atoms.